The number of hydrogen-bond acceptors (Lipinski definition) is 4. The average Bonchev–Trinajstić information content (AvgIpc) is 2.24. The summed E-state index contributed by atoms with van der Waals surface area (Å²) >= 11 is 0. The molecule has 0 aliphatic carbocycles. The van der Waals surface area contributed by atoms with Gasteiger partial charge in [-0.3, -0.25) is 0 Å². The van der Waals surface area contributed by atoms with Crippen molar-refractivity contribution in [2.75, 3.05) is 18.1 Å². The summed E-state index contributed by atoms with van der Waals surface area (Å²) in [5.41, 5.74) is 1.59. The van der Waals surface area contributed by atoms with E-state index in [4.69, 9.17) is 5.11 Å². The largest absolute Gasteiger partial charge is 0.478 e. The summed E-state index contributed by atoms with van der Waals surface area (Å²) in [5, 5.41) is 11.9. The molecule has 0 radical (unpaired) electrons. The molecule has 0 saturated heterocycles. The van der Waals surface area contributed by atoms with Gasteiger partial charge in [0, 0.05) is 18.5 Å². The molecular formula is C13H19NO4S. The third kappa shape index (κ3) is 3.70. The highest BCUT2D eigenvalue weighted by molar-refractivity contribution is 7.92. The van der Waals surface area contributed by atoms with Gasteiger partial charge in [0.1, 0.15) is 0 Å². The summed E-state index contributed by atoms with van der Waals surface area (Å²) in [6, 6.07) is 4.84. The molecule has 106 valence electrons. The van der Waals surface area contributed by atoms with Crippen molar-refractivity contribution in [3.63, 3.8) is 0 Å². The normalized spacial score (nSPS) is 12.2. The number of rotatable bonds is 5. The predicted octanol–water partition coefficient (Wildman–Crippen LogP) is 1.93. The van der Waals surface area contributed by atoms with Gasteiger partial charge in [0.05, 0.1) is 10.3 Å². The Balaban J connectivity index is 2.86. The molecule has 0 saturated carbocycles. The van der Waals surface area contributed by atoms with Crippen LogP contribution in [0.15, 0.2) is 18.2 Å². The second kappa shape index (κ2) is 5.21. The van der Waals surface area contributed by atoms with Gasteiger partial charge in [-0.2, -0.15) is 0 Å². The molecule has 0 atom stereocenters. The molecule has 2 N–H and O–H groups in total. The van der Waals surface area contributed by atoms with E-state index in [-0.39, 0.29) is 12.1 Å². The Kier molecular flexibility index (Phi) is 4.25. The van der Waals surface area contributed by atoms with Gasteiger partial charge in [-0.15, -0.1) is 0 Å². The van der Waals surface area contributed by atoms with Crippen molar-refractivity contribution in [3.05, 3.63) is 29.3 Å². The fraction of sp³-hybridized carbons (Fsp3) is 0.462. The summed E-state index contributed by atoms with van der Waals surface area (Å²) in [4.78, 5) is 10.9. The van der Waals surface area contributed by atoms with Crippen LogP contribution in [0.25, 0.3) is 0 Å². The number of hydrogen-bond donors (Lipinski definition) is 2. The minimum absolute atomic E-state index is 0.243. The van der Waals surface area contributed by atoms with E-state index in [1.165, 1.54) is 12.3 Å². The first-order valence-corrected chi connectivity index (χ1v) is 7.71. The molecule has 0 aromatic heterocycles. The summed E-state index contributed by atoms with van der Waals surface area (Å²) < 4.78 is 22.3. The predicted molar refractivity (Wildman–Crippen MR) is 75.6 cm³/mol. The van der Waals surface area contributed by atoms with E-state index in [0.29, 0.717) is 11.3 Å². The monoisotopic (exact) mass is 285 g/mol. The molecule has 0 bridgehead atoms. The number of benzene rings is 1. The Hall–Kier alpha value is -1.56. The van der Waals surface area contributed by atoms with Gasteiger partial charge in [0.25, 0.3) is 0 Å². The molecule has 0 aliphatic rings. The first kappa shape index (κ1) is 15.5. The number of carboxylic acid groups (broad SMARTS) is 1. The van der Waals surface area contributed by atoms with Gasteiger partial charge in [-0.1, -0.05) is 0 Å². The standard InChI is InChI=1S/C13H19NO4S/c1-9-7-10(5-6-11(9)12(15)16)14-8-13(2,3)19(4,17)18/h5-7,14H,8H2,1-4H3,(H,15,16). The molecule has 5 nitrogen and oxygen atoms in total. The van der Waals surface area contributed by atoms with Crippen LogP contribution in [0.3, 0.4) is 0 Å². The Morgan fingerprint density at radius 1 is 1.37 bits per heavy atom. The molecule has 1 rings (SSSR count). The van der Waals surface area contributed by atoms with Crippen LogP contribution in [0.4, 0.5) is 5.69 Å². The third-order valence-electron chi connectivity index (χ3n) is 3.18. The summed E-state index contributed by atoms with van der Waals surface area (Å²) in [5.74, 6) is -0.972. The van der Waals surface area contributed by atoms with E-state index in [9.17, 15) is 13.2 Å². The highest BCUT2D eigenvalue weighted by atomic mass is 32.2. The molecular weight excluding hydrogens is 266 g/mol. The Morgan fingerprint density at radius 2 is 1.95 bits per heavy atom. The maximum atomic E-state index is 11.6. The minimum Gasteiger partial charge on any atom is -0.478 e. The fourth-order valence-electron chi connectivity index (χ4n) is 1.46. The number of aromatic carboxylic acids is 1. The maximum Gasteiger partial charge on any atom is 0.335 e. The van der Waals surface area contributed by atoms with Crippen molar-refractivity contribution >= 4 is 21.5 Å². The van der Waals surface area contributed by atoms with Crippen LogP contribution < -0.4 is 5.32 Å². The van der Waals surface area contributed by atoms with E-state index in [1.807, 2.05) is 0 Å². The quantitative estimate of drug-likeness (QED) is 0.863. The Bertz CT molecular complexity index is 591. The van der Waals surface area contributed by atoms with E-state index < -0.39 is 20.6 Å². The molecule has 6 heteroatoms. The van der Waals surface area contributed by atoms with Crippen LogP contribution in [-0.4, -0.2) is 37.0 Å². The lowest BCUT2D eigenvalue weighted by atomic mass is 10.1. The Labute approximate surface area is 113 Å². The molecule has 0 aliphatic heterocycles. The zero-order valence-electron chi connectivity index (χ0n) is 11.5. The number of anilines is 1. The van der Waals surface area contributed by atoms with Gasteiger partial charge < -0.3 is 10.4 Å². The minimum atomic E-state index is -3.16. The zero-order valence-corrected chi connectivity index (χ0v) is 12.3. The van der Waals surface area contributed by atoms with Crippen molar-refractivity contribution in [3.8, 4) is 0 Å². The Morgan fingerprint density at radius 3 is 2.37 bits per heavy atom. The lowest BCUT2D eigenvalue weighted by molar-refractivity contribution is 0.0696. The summed E-state index contributed by atoms with van der Waals surface area (Å²) in [7, 11) is -3.16. The topological polar surface area (TPSA) is 83.5 Å². The highest BCUT2D eigenvalue weighted by Gasteiger charge is 2.29. The summed E-state index contributed by atoms with van der Waals surface area (Å²) in [6.07, 6.45) is 1.20. The van der Waals surface area contributed by atoms with Crippen LogP contribution in [0.1, 0.15) is 29.8 Å². The maximum absolute atomic E-state index is 11.6. The second-order valence-electron chi connectivity index (χ2n) is 5.22. The van der Waals surface area contributed by atoms with Crippen LogP contribution >= 0.6 is 0 Å². The fourth-order valence-corrected chi connectivity index (χ4v) is 1.79. The van der Waals surface area contributed by atoms with E-state index >= 15 is 0 Å². The van der Waals surface area contributed by atoms with Gasteiger partial charge in [-0.05, 0) is 44.5 Å². The third-order valence-corrected chi connectivity index (χ3v) is 5.33. The van der Waals surface area contributed by atoms with Gasteiger partial charge >= 0.3 is 5.97 Å². The highest BCUT2D eigenvalue weighted by Crippen LogP contribution is 2.19. The number of sulfone groups is 1. The number of aryl methyl sites for hydroxylation is 1. The first-order valence-electron chi connectivity index (χ1n) is 5.82. The zero-order chi connectivity index (χ0) is 14.8. The van der Waals surface area contributed by atoms with Gasteiger partial charge in [0.2, 0.25) is 0 Å². The molecule has 0 spiro atoms. The molecule has 1 aromatic carbocycles. The molecule has 0 amide bonds. The second-order valence-corrected chi connectivity index (χ2v) is 7.87. The van der Waals surface area contributed by atoms with Gasteiger partial charge in [0.15, 0.2) is 9.84 Å². The van der Waals surface area contributed by atoms with Gasteiger partial charge in [-0.25, -0.2) is 13.2 Å². The van der Waals surface area contributed by atoms with Crippen molar-refractivity contribution in [2.24, 2.45) is 0 Å². The lowest BCUT2D eigenvalue weighted by Gasteiger charge is -2.23. The van der Waals surface area contributed by atoms with Crippen LogP contribution in [-0.2, 0) is 9.84 Å². The van der Waals surface area contributed by atoms with Crippen molar-refractivity contribution in [1.82, 2.24) is 0 Å². The van der Waals surface area contributed by atoms with Crippen molar-refractivity contribution in [2.45, 2.75) is 25.5 Å². The molecule has 0 heterocycles. The van der Waals surface area contributed by atoms with E-state index in [0.717, 1.165) is 0 Å². The SMILES string of the molecule is Cc1cc(NCC(C)(C)S(C)(=O)=O)ccc1C(=O)O. The van der Waals surface area contributed by atoms with E-state index in [1.54, 1.807) is 32.9 Å². The number of carbonyl (C=O) groups is 1. The van der Waals surface area contributed by atoms with Crippen molar-refractivity contribution in [1.29, 1.82) is 0 Å². The smallest absolute Gasteiger partial charge is 0.335 e. The van der Waals surface area contributed by atoms with E-state index in [2.05, 4.69) is 5.32 Å². The van der Waals surface area contributed by atoms with Crippen molar-refractivity contribution < 1.29 is 18.3 Å². The first-order chi connectivity index (χ1) is 8.54. The number of nitrogens with one attached hydrogen (secondary N) is 1. The number of carboxylic acids is 1. The lowest BCUT2D eigenvalue weighted by Crippen LogP contribution is -2.38. The molecule has 0 fully saturated rings. The summed E-state index contributed by atoms with van der Waals surface area (Å²) in [6.45, 7) is 5.26. The molecule has 1 aromatic rings. The van der Waals surface area contributed by atoms with Crippen LogP contribution in [0.2, 0.25) is 0 Å². The van der Waals surface area contributed by atoms with Crippen LogP contribution in [0, 0.1) is 6.92 Å². The molecule has 19 heavy (non-hydrogen) atoms. The van der Waals surface area contributed by atoms with Crippen LogP contribution in [0.5, 0.6) is 0 Å². The molecule has 0 unspecified atom stereocenters. The average molecular weight is 285 g/mol.